The lowest BCUT2D eigenvalue weighted by molar-refractivity contribution is -0.230. The standard InChI is InChI=1S/C12H20O6/c1-4-5-15-9-8(7(14)6-13)16-11-10(9)17-12(2,3)18-11/h4,7-11,13-14H,1,5-6H2,2-3H3/t7?,8-,9+,10+,11-/m1/s1. The van der Waals surface area contributed by atoms with Crippen molar-refractivity contribution >= 4 is 0 Å². The molecule has 2 rings (SSSR count). The van der Waals surface area contributed by atoms with Crippen molar-refractivity contribution in [3.05, 3.63) is 12.7 Å². The molecule has 6 nitrogen and oxygen atoms in total. The lowest BCUT2D eigenvalue weighted by Gasteiger charge is -2.27. The van der Waals surface area contributed by atoms with E-state index in [0.29, 0.717) is 6.61 Å². The van der Waals surface area contributed by atoms with E-state index in [4.69, 9.17) is 24.1 Å². The first-order chi connectivity index (χ1) is 8.48. The predicted molar refractivity (Wildman–Crippen MR) is 61.7 cm³/mol. The maximum absolute atomic E-state index is 9.72. The van der Waals surface area contributed by atoms with E-state index >= 15 is 0 Å². The lowest BCUT2D eigenvalue weighted by atomic mass is 10.1. The minimum Gasteiger partial charge on any atom is -0.394 e. The topological polar surface area (TPSA) is 77.4 Å². The molecule has 0 amide bonds. The Kier molecular flexibility index (Phi) is 4.05. The first kappa shape index (κ1) is 13.9. The van der Waals surface area contributed by atoms with Crippen LogP contribution in [-0.2, 0) is 18.9 Å². The fourth-order valence-electron chi connectivity index (χ4n) is 2.29. The van der Waals surface area contributed by atoms with Crippen molar-refractivity contribution < 1.29 is 29.2 Å². The van der Waals surface area contributed by atoms with Crippen LogP contribution in [0.4, 0.5) is 0 Å². The molecule has 0 bridgehead atoms. The summed E-state index contributed by atoms with van der Waals surface area (Å²) in [6.07, 6.45) is -1.57. The SMILES string of the molecule is C=CCO[C@@H]1[C@@H]2OC(C)(C)O[C@H]2O[C@@H]1C(O)CO. The minimum absolute atomic E-state index is 0.315. The normalized spacial score (nSPS) is 39.6. The van der Waals surface area contributed by atoms with E-state index in [2.05, 4.69) is 6.58 Å². The van der Waals surface area contributed by atoms with Gasteiger partial charge < -0.3 is 29.2 Å². The quantitative estimate of drug-likeness (QED) is 0.666. The second-order valence-electron chi connectivity index (χ2n) is 4.91. The highest BCUT2D eigenvalue weighted by Gasteiger charge is 2.56. The van der Waals surface area contributed by atoms with Crippen LogP contribution in [0.5, 0.6) is 0 Å². The van der Waals surface area contributed by atoms with Gasteiger partial charge in [0.15, 0.2) is 12.1 Å². The van der Waals surface area contributed by atoms with E-state index in [-0.39, 0.29) is 0 Å². The molecule has 0 aromatic heterocycles. The van der Waals surface area contributed by atoms with Crippen LogP contribution in [0.1, 0.15) is 13.8 Å². The highest BCUT2D eigenvalue weighted by Crippen LogP contribution is 2.39. The second kappa shape index (κ2) is 5.24. The van der Waals surface area contributed by atoms with Gasteiger partial charge in [0.25, 0.3) is 0 Å². The molecule has 2 fully saturated rings. The summed E-state index contributed by atoms with van der Waals surface area (Å²) in [6.45, 7) is 7.07. The minimum atomic E-state index is -1.03. The van der Waals surface area contributed by atoms with Gasteiger partial charge in [0.05, 0.1) is 13.2 Å². The predicted octanol–water partition coefficient (Wildman–Crippen LogP) is -0.213. The first-order valence-electron chi connectivity index (χ1n) is 6.01. The Balaban J connectivity index is 2.09. The molecule has 0 spiro atoms. The Labute approximate surface area is 106 Å². The molecule has 2 aliphatic heterocycles. The van der Waals surface area contributed by atoms with Crippen molar-refractivity contribution in [2.45, 2.75) is 50.3 Å². The molecule has 2 N–H and O–H groups in total. The van der Waals surface area contributed by atoms with Crippen LogP contribution in [0.15, 0.2) is 12.7 Å². The summed E-state index contributed by atoms with van der Waals surface area (Å²) in [5, 5.41) is 18.7. The van der Waals surface area contributed by atoms with Crippen LogP contribution in [0.3, 0.4) is 0 Å². The zero-order valence-corrected chi connectivity index (χ0v) is 10.6. The number of ether oxygens (including phenoxy) is 4. The Morgan fingerprint density at radius 1 is 1.44 bits per heavy atom. The van der Waals surface area contributed by atoms with Gasteiger partial charge in [0.1, 0.15) is 24.4 Å². The van der Waals surface area contributed by atoms with E-state index in [1.807, 2.05) is 0 Å². The molecule has 2 heterocycles. The molecule has 2 aliphatic rings. The summed E-state index contributed by atoms with van der Waals surface area (Å²) in [6, 6.07) is 0. The summed E-state index contributed by atoms with van der Waals surface area (Å²) < 4.78 is 22.4. The Bertz CT molecular complexity index is 305. The molecular formula is C12H20O6. The van der Waals surface area contributed by atoms with E-state index in [0.717, 1.165) is 0 Å². The number of rotatable bonds is 5. The van der Waals surface area contributed by atoms with Gasteiger partial charge in [-0.3, -0.25) is 0 Å². The summed E-state index contributed by atoms with van der Waals surface area (Å²) in [5.41, 5.74) is 0. The third-order valence-electron chi connectivity index (χ3n) is 3.00. The van der Waals surface area contributed by atoms with Gasteiger partial charge in [-0.05, 0) is 13.8 Å². The molecular weight excluding hydrogens is 240 g/mol. The van der Waals surface area contributed by atoms with E-state index in [1.165, 1.54) is 0 Å². The zero-order valence-electron chi connectivity index (χ0n) is 10.6. The van der Waals surface area contributed by atoms with Gasteiger partial charge in [0.2, 0.25) is 0 Å². The van der Waals surface area contributed by atoms with E-state index in [1.54, 1.807) is 19.9 Å². The van der Waals surface area contributed by atoms with Crippen LogP contribution in [0.2, 0.25) is 0 Å². The lowest BCUT2D eigenvalue weighted by Crippen LogP contribution is -2.44. The molecule has 18 heavy (non-hydrogen) atoms. The molecule has 2 saturated heterocycles. The fourth-order valence-corrected chi connectivity index (χ4v) is 2.29. The van der Waals surface area contributed by atoms with Gasteiger partial charge in [-0.25, -0.2) is 0 Å². The molecule has 0 aliphatic carbocycles. The van der Waals surface area contributed by atoms with Gasteiger partial charge in [-0.2, -0.15) is 0 Å². The van der Waals surface area contributed by atoms with Crippen LogP contribution in [0.25, 0.3) is 0 Å². The molecule has 0 aromatic rings. The average Bonchev–Trinajstić information content (AvgIpc) is 2.77. The molecule has 1 unspecified atom stereocenters. The van der Waals surface area contributed by atoms with Gasteiger partial charge in [-0.1, -0.05) is 6.08 Å². The third kappa shape index (κ3) is 2.59. The Morgan fingerprint density at radius 2 is 2.17 bits per heavy atom. The van der Waals surface area contributed by atoms with Crippen molar-refractivity contribution in [1.82, 2.24) is 0 Å². The number of hydrogen-bond acceptors (Lipinski definition) is 6. The maximum atomic E-state index is 9.72. The van der Waals surface area contributed by atoms with Crippen LogP contribution >= 0.6 is 0 Å². The molecule has 104 valence electrons. The van der Waals surface area contributed by atoms with Crippen LogP contribution in [0, 0.1) is 0 Å². The van der Waals surface area contributed by atoms with E-state index < -0.39 is 43.1 Å². The van der Waals surface area contributed by atoms with Gasteiger partial charge >= 0.3 is 0 Å². The van der Waals surface area contributed by atoms with Crippen molar-refractivity contribution in [2.75, 3.05) is 13.2 Å². The number of aliphatic hydroxyl groups is 2. The van der Waals surface area contributed by atoms with Crippen LogP contribution in [-0.4, -0.2) is 59.9 Å². The molecule has 0 saturated carbocycles. The molecule has 5 atom stereocenters. The Hall–Kier alpha value is -0.500. The Morgan fingerprint density at radius 3 is 2.78 bits per heavy atom. The van der Waals surface area contributed by atoms with Crippen molar-refractivity contribution in [1.29, 1.82) is 0 Å². The number of aliphatic hydroxyl groups excluding tert-OH is 2. The van der Waals surface area contributed by atoms with Crippen molar-refractivity contribution in [3.8, 4) is 0 Å². The van der Waals surface area contributed by atoms with Gasteiger partial charge in [0, 0.05) is 0 Å². The zero-order chi connectivity index (χ0) is 13.3. The summed E-state index contributed by atoms with van der Waals surface area (Å²) in [5.74, 6) is -0.736. The van der Waals surface area contributed by atoms with Crippen molar-refractivity contribution in [3.63, 3.8) is 0 Å². The largest absolute Gasteiger partial charge is 0.394 e. The maximum Gasteiger partial charge on any atom is 0.190 e. The van der Waals surface area contributed by atoms with Gasteiger partial charge in [-0.15, -0.1) is 6.58 Å². The highest BCUT2D eigenvalue weighted by atomic mass is 16.8. The van der Waals surface area contributed by atoms with Crippen molar-refractivity contribution in [2.24, 2.45) is 0 Å². The second-order valence-corrected chi connectivity index (χ2v) is 4.91. The summed E-state index contributed by atoms with van der Waals surface area (Å²) in [7, 11) is 0. The average molecular weight is 260 g/mol. The molecule has 0 radical (unpaired) electrons. The highest BCUT2D eigenvalue weighted by molar-refractivity contribution is 4.97. The monoisotopic (exact) mass is 260 g/mol. The van der Waals surface area contributed by atoms with E-state index in [9.17, 15) is 5.11 Å². The number of fused-ring (bicyclic) bond motifs is 1. The first-order valence-corrected chi connectivity index (χ1v) is 6.01. The molecule has 0 aromatic carbocycles. The summed E-state index contributed by atoms with van der Waals surface area (Å²) >= 11 is 0. The number of hydrogen-bond donors (Lipinski definition) is 2. The fraction of sp³-hybridized carbons (Fsp3) is 0.833. The summed E-state index contributed by atoms with van der Waals surface area (Å²) in [4.78, 5) is 0. The van der Waals surface area contributed by atoms with Crippen LogP contribution < -0.4 is 0 Å². The smallest absolute Gasteiger partial charge is 0.190 e. The molecule has 6 heteroatoms. The third-order valence-corrected chi connectivity index (χ3v) is 3.00.